The molecule has 0 spiro atoms. The summed E-state index contributed by atoms with van der Waals surface area (Å²) in [4.78, 5) is 27.0. The summed E-state index contributed by atoms with van der Waals surface area (Å²) in [6.07, 6.45) is 5.22. The van der Waals surface area contributed by atoms with Crippen molar-refractivity contribution in [1.29, 1.82) is 0 Å². The van der Waals surface area contributed by atoms with E-state index in [1.165, 1.54) is 19.3 Å². The summed E-state index contributed by atoms with van der Waals surface area (Å²) in [5.74, 6) is 0.809. The van der Waals surface area contributed by atoms with E-state index in [4.69, 9.17) is 4.74 Å². The van der Waals surface area contributed by atoms with E-state index in [-0.39, 0.29) is 17.7 Å². The van der Waals surface area contributed by atoms with Crippen LogP contribution in [0.25, 0.3) is 0 Å². The van der Waals surface area contributed by atoms with Crippen LogP contribution in [0.3, 0.4) is 0 Å². The predicted molar refractivity (Wildman–Crippen MR) is 122 cm³/mol. The maximum atomic E-state index is 12.8. The number of hydrogen-bond donors (Lipinski definition) is 2. The van der Waals surface area contributed by atoms with Crippen molar-refractivity contribution >= 4 is 17.5 Å². The fourth-order valence-electron chi connectivity index (χ4n) is 4.39. The molecular weight excluding hydrogens is 390 g/mol. The average Bonchev–Trinajstić information content (AvgIpc) is 2.80. The Hall–Kier alpha value is -2.86. The van der Waals surface area contributed by atoms with Crippen molar-refractivity contribution in [2.75, 3.05) is 38.1 Å². The summed E-state index contributed by atoms with van der Waals surface area (Å²) >= 11 is 0. The van der Waals surface area contributed by atoms with E-state index in [9.17, 15) is 9.59 Å². The molecule has 6 heteroatoms. The molecule has 2 aromatic rings. The van der Waals surface area contributed by atoms with Crippen LogP contribution in [0.2, 0.25) is 0 Å². The maximum absolute atomic E-state index is 12.8. The smallest absolute Gasteiger partial charge is 0.255 e. The van der Waals surface area contributed by atoms with Crippen LogP contribution in [0.4, 0.5) is 5.69 Å². The number of rotatable bonds is 7. The van der Waals surface area contributed by atoms with Gasteiger partial charge in [0, 0.05) is 30.8 Å². The molecule has 1 unspecified atom stereocenters. The molecule has 4 rings (SSSR count). The van der Waals surface area contributed by atoms with Crippen molar-refractivity contribution in [3.63, 3.8) is 0 Å². The van der Waals surface area contributed by atoms with Gasteiger partial charge in [-0.05, 0) is 74.2 Å². The highest BCUT2D eigenvalue weighted by molar-refractivity contribution is 6.04. The molecule has 0 aromatic heterocycles. The van der Waals surface area contributed by atoms with Crippen LogP contribution in [0, 0.1) is 0 Å². The molecule has 2 saturated heterocycles. The molecule has 1 atom stereocenters. The number of ether oxygens (including phenoxy) is 1. The van der Waals surface area contributed by atoms with Gasteiger partial charge in [-0.2, -0.15) is 0 Å². The van der Waals surface area contributed by atoms with Gasteiger partial charge in [0.25, 0.3) is 5.91 Å². The molecule has 2 amide bonds. The number of amides is 2. The van der Waals surface area contributed by atoms with Gasteiger partial charge in [-0.15, -0.1) is 0 Å². The van der Waals surface area contributed by atoms with Gasteiger partial charge in [0.15, 0.2) is 0 Å². The van der Waals surface area contributed by atoms with Crippen LogP contribution in [-0.2, 0) is 4.79 Å². The molecule has 2 fully saturated rings. The number of piperidine rings is 2. The van der Waals surface area contributed by atoms with Crippen molar-refractivity contribution in [3.05, 3.63) is 59.7 Å². The van der Waals surface area contributed by atoms with E-state index >= 15 is 0 Å². The SMILES string of the molecule is O=C1CC(c2ccccc2NC(=O)c2ccc(OCCN3CCCCC3)cc2)CCN1. The monoisotopic (exact) mass is 421 g/mol. The standard InChI is InChI=1S/C25H31N3O3/c29-24-18-20(12-13-26-24)22-6-2-3-7-23(22)27-25(30)19-8-10-21(11-9-19)31-17-16-28-14-4-1-5-15-28/h2-3,6-11,20H,1,4-5,12-18H2,(H,26,29)(H,27,30). The van der Waals surface area contributed by atoms with E-state index < -0.39 is 0 Å². The second kappa shape index (κ2) is 10.4. The third-order valence-corrected chi connectivity index (χ3v) is 6.14. The quantitative estimate of drug-likeness (QED) is 0.714. The highest BCUT2D eigenvalue weighted by Crippen LogP contribution is 2.31. The minimum Gasteiger partial charge on any atom is -0.492 e. The highest BCUT2D eigenvalue weighted by Gasteiger charge is 2.23. The van der Waals surface area contributed by atoms with Gasteiger partial charge in [-0.1, -0.05) is 24.6 Å². The first kappa shape index (κ1) is 21.4. The summed E-state index contributed by atoms with van der Waals surface area (Å²) in [6, 6.07) is 15.0. The Kier molecular flexibility index (Phi) is 7.20. The second-order valence-corrected chi connectivity index (χ2v) is 8.36. The Morgan fingerprint density at radius 1 is 1.06 bits per heavy atom. The molecule has 2 N–H and O–H groups in total. The third-order valence-electron chi connectivity index (χ3n) is 6.14. The number of hydrogen-bond acceptors (Lipinski definition) is 4. The van der Waals surface area contributed by atoms with Crippen molar-refractivity contribution in [1.82, 2.24) is 10.2 Å². The molecule has 0 radical (unpaired) electrons. The van der Waals surface area contributed by atoms with Crippen LogP contribution in [0.5, 0.6) is 5.75 Å². The first-order valence-corrected chi connectivity index (χ1v) is 11.3. The van der Waals surface area contributed by atoms with Gasteiger partial charge in [-0.25, -0.2) is 0 Å². The lowest BCUT2D eigenvalue weighted by Crippen LogP contribution is -2.33. The Morgan fingerprint density at radius 2 is 1.84 bits per heavy atom. The number of likely N-dealkylation sites (tertiary alicyclic amines) is 1. The van der Waals surface area contributed by atoms with E-state index in [1.807, 2.05) is 36.4 Å². The summed E-state index contributed by atoms with van der Waals surface area (Å²) in [5, 5.41) is 5.89. The van der Waals surface area contributed by atoms with Gasteiger partial charge < -0.3 is 15.4 Å². The zero-order valence-electron chi connectivity index (χ0n) is 17.9. The second-order valence-electron chi connectivity index (χ2n) is 8.36. The molecule has 31 heavy (non-hydrogen) atoms. The fourth-order valence-corrected chi connectivity index (χ4v) is 4.39. The minimum atomic E-state index is -0.160. The molecule has 164 valence electrons. The number of nitrogens with one attached hydrogen (secondary N) is 2. The van der Waals surface area contributed by atoms with E-state index in [2.05, 4.69) is 15.5 Å². The van der Waals surface area contributed by atoms with Crippen molar-refractivity contribution in [3.8, 4) is 5.75 Å². The lowest BCUT2D eigenvalue weighted by molar-refractivity contribution is -0.122. The van der Waals surface area contributed by atoms with Crippen LogP contribution >= 0.6 is 0 Å². The molecule has 2 aromatic carbocycles. The van der Waals surface area contributed by atoms with Crippen molar-refractivity contribution in [2.24, 2.45) is 0 Å². The van der Waals surface area contributed by atoms with Crippen LogP contribution < -0.4 is 15.4 Å². The largest absolute Gasteiger partial charge is 0.492 e. The van der Waals surface area contributed by atoms with Gasteiger partial charge in [0.2, 0.25) is 5.91 Å². The molecule has 0 saturated carbocycles. The average molecular weight is 422 g/mol. The Labute approximate surface area is 184 Å². The zero-order valence-corrected chi connectivity index (χ0v) is 17.9. The molecule has 0 aliphatic carbocycles. The number of nitrogens with zero attached hydrogens (tertiary/aromatic N) is 1. The molecular formula is C25H31N3O3. The lowest BCUT2D eigenvalue weighted by atomic mass is 9.88. The third kappa shape index (κ3) is 5.85. The summed E-state index contributed by atoms with van der Waals surface area (Å²) in [5.41, 5.74) is 2.37. The molecule has 6 nitrogen and oxygen atoms in total. The number of carbonyl (C=O) groups excluding carboxylic acids is 2. The lowest BCUT2D eigenvalue weighted by Gasteiger charge is -2.26. The maximum Gasteiger partial charge on any atom is 0.255 e. The Balaban J connectivity index is 1.33. The molecule has 0 bridgehead atoms. The summed E-state index contributed by atoms with van der Waals surface area (Å²) in [7, 11) is 0. The van der Waals surface area contributed by atoms with Gasteiger partial charge in [-0.3, -0.25) is 14.5 Å². The number of benzene rings is 2. The number of anilines is 1. The summed E-state index contributed by atoms with van der Waals surface area (Å²) in [6.45, 7) is 4.60. The number of carbonyl (C=O) groups is 2. The van der Waals surface area contributed by atoms with Gasteiger partial charge >= 0.3 is 0 Å². The fraction of sp³-hybridized carbons (Fsp3) is 0.440. The highest BCUT2D eigenvalue weighted by atomic mass is 16.5. The van der Waals surface area contributed by atoms with Gasteiger partial charge in [0.1, 0.15) is 12.4 Å². The molecule has 2 aliphatic heterocycles. The Morgan fingerprint density at radius 3 is 2.61 bits per heavy atom. The molecule has 2 aliphatic rings. The first-order valence-electron chi connectivity index (χ1n) is 11.3. The van der Waals surface area contributed by atoms with E-state index in [0.717, 1.165) is 43.1 Å². The van der Waals surface area contributed by atoms with Crippen LogP contribution in [-0.4, -0.2) is 49.5 Å². The van der Waals surface area contributed by atoms with E-state index in [1.54, 1.807) is 12.1 Å². The topological polar surface area (TPSA) is 70.7 Å². The van der Waals surface area contributed by atoms with E-state index in [0.29, 0.717) is 25.1 Å². The predicted octanol–water partition coefficient (Wildman–Crippen LogP) is 3.80. The van der Waals surface area contributed by atoms with Crippen molar-refractivity contribution < 1.29 is 14.3 Å². The normalized spacial score (nSPS) is 19.5. The first-order chi connectivity index (χ1) is 15.2. The van der Waals surface area contributed by atoms with Crippen LogP contribution in [0.1, 0.15) is 53.9 Å². The van der Waals surface area contributed by atoms with Crippen LogP contribution in [0.15, 0.2) is 48.5 Å². The minimum absolute atomic E-state index is 0.0632. The zero-order chi connectivity index (χ0) is 21.5. The Bertz CT molecular complexity index is 891. The van der Waals surface area contributed by atoms with Gasteiger partial charge in [0.05, 0.1) is 0 Å². The van der Waals surface area contributed by atoms with Crippen molar-refractivity contribution in [2.45, 2.75) is 38.0 Å². The molecule has 2 heterocycles. The number of para-hydroxylation sites is 1. The summed E-state index contributed by atoms with van der Waals surface area (Å²) < 4.78 is 5.86.